The number of carbonyl (C=O) groups is 1. The third-order valence-corrected chi connectivity index (χ3v) is 3.51. The van der Waals surface area contributed by atoms with E-state index in [1.807, 2.05) is 38.1 Å². The van der Waals surface area contributed by atoms with Gasteiger partial charge in [-0.3, -0.25) is 9.59 Å². The molecule has 0 saturated heterocycles. The van der Waals surface area contributed by atoms with E-state index in [1.54, 1.807) is 18.3 Å². The third-order valence-electron chi connectivity index (χ3n) is 3.51. The van der Waals surface area contributed by atoms with Crippen LogP contribution in [-0.2, 0) is 11.3 Å². The molecule has 110 valence electrons. The first-order valence-corrected chi connectivity index (χ1v) is 7.08. The molecule has 2 rings (SSSR count). The molecule has 1 N–H and O–H groups in total. The van der Waals surface area contributed by atoms with Crippen LogP contribution in [-0.4, -0.2) is 10.5 Å². The molecule has 4 heteroatoms. The van der Waals surface area contributed by atoms with Crippen molar-refractivity contribution in [1.29, 1.82) is 0 Å². The molecule has 0 fully saturated rings. The zero-order valence-electron chi connectivity index (χ0n) is 12.4. The topological polar surface area (TPSA) is 51.1 Å². The molecule has 1 heterocycles. The molecule has 0 spiro atoms. The van der Waals surface area contributed by atoms with Gasteiger partial charge in [0.25, 0.3) is 5.56 Å². The molecule has 1 atom stereocenters. The number of hydrogen-bond acceptors (Lipinski definition) is 2. The van der Waals surface area contributed by atoms with Gasteiger partial charge in [0.05, 0.1) is 6.04 Å². The van der Waals surface area contributed by atoms with Crippen molar-refractivity contribution in [3.05, 3.63) is 70.1 Å². The van der Waals surface area contributed by atoms with Gasteiger partial charge in [-0.05, 0) is 31.0 Å². The zero-order valence-corrected chi connectivity index (χ0v) is 12.4. The van der Waals surface area contributed by atoms with Crippen molar-refractivity contribution in [1.82, 2.24) is 9.88 Å². The normalized spacial score (nSPS) is 11.9. The number of nitrogens with one attached hydrogen (secondary N) is 1. The van der Waals surface area contributed by atoms with Gasteiger partial charge in [-0.1, -0.05) is 30.3 Å². The maximum atomic E-state index is 12.0. The number of pyridine rings is 1. The summed E-state index contributed by atoms with van der Waals surface area (Å²) in [6.07, 6.45) is 1.99. The third kappa shape index (κ3) is 4.05. The summed E-state index contributed by atoms with van der Waals surface area (Å²) in [5.74, 6) is -0.0542. The predicted molar refractivity (Wildman–Crippen MR) is 83.1 cm³/mol. The largest absolute Gasteiger partial charge is 0.350 e. The highest BCUT2D eigenvalue weighted by Crippen LogP contribution is 2.16. The summed E-state index contributed by atoms with van der Waals surface area (Å²) in [5, 5.41) is 2.97. The van der Waals surface area contributed by atoms with Gasteiger partial charge in [-0.15, -0.1) is 0 Å². The van der Waals surface area contributed by atoms with Gasteiger partial charge in [0.2, 0.25) is 5.91 Å². The first kappa shape index (κ1) is 15.0. The molecule has 0 saturated carbocycles. The maximum Gasteiger partial charge on any atom is 0.250 e. The molecule has 0 aliphatic carbocycles. The lowest BCUT2D eigenvalue weighted by Gasteiger charge is -2.16. The van der Waals surface area contributed by atoms with Gasteiger partial charge in [0, 0.05) is 25.2 Å². The minimum absolute atomic E-state index is 0.0359. The molecule has 4 nitrogen and oxygen atoms in total. The second kappa shape index (κ2) is 6.88. The first-order chi connectivity index (χ1) is 10.1. The Labute approximate surface area is 124 Å². The summed E-state index contributed by atoms with van der Waals surface area (Å²) in [6.45, 7) is 4.39. The zero-order chi connectivity index (χ0) is 15.2. The summed E-state index contributed by atoms with van der Waals surface area (Å²) in [5.41, 5.74) is 2.18. The standard InChI is InChI=1S/C17H20N2O2/c1-13-7-3-4-8-15(13)14(2)18-16(20)10-12-19-11-6-5-9-17(19)21/h3-9,11,14H,10,12H2,1-2H3,(H,18,20). The molecular weight excluding hydrogens is 264 g/mol. The lowest BCUT2D eigenvalue weighted by atomic mass is 10.0. The van der Waals surface area contributed by atoms with Crippen LogP contribution in [0.25, 0.3) is 0 Å². The number of benzene rings is 1. The van der Waals surface area contributed by atoms with Crippen LogP contribution in [0.15, 0.2) is 53.5 Å². The number of carbonyl (C=O) groups excluding carboxylic acids is 1. The van der Waals surface area contributed by atoms with Gasteiger partial charge >= 0.3 is 0 Å². The van der Waals surface area contributed by atoms with Gasteiger partial charge in [0.1, 0.15) is 0 Å². The average molecular weight is 284 g/mol. The Morgan fingerprint density at radius 3 is 2.62 bits per heavy atom. The number of nitrogens with zero attached hydrogens (tertiary/aromatic N) is 1. The minimum atomic E-state index is -0.0859. The lowest BCUT2D eigenvalue weighted by Crippen LogP contribution is -2.29. The van der Waals surface area contributed by atoms with Gasteiger partial charge < -0.3 is 9.88 Å². The fourth-order valence-electron chi connectivity index (χ4n) is 2.33. The van der Waals surface area contributed by atoms with Crippen molar-refractivity contribution < 1.29 is 4.79 Å². The highest BCUT2D eigenvalue weighted by Gasteiger charge is 2.11. The molecule has 0 aliphatic heterocycles. The van der Waals surface area contributed by atoms with Crippen LogP contribution in [0.2, 0.25) is 0 Å². The predicted octanol–water partition coefficient (Wildman–Crippen LogP) is 2.42. The average Bonchev–Trinajstić information content (AvgIpc) is 2.46. The second-order valence-corrected chi connectivity index (χ2v) is 5.13. The summed E-state index contributed by atoms with van der Waals surface area (Å²) >= 11 is 0. The smallest absolute Gasteiger partial charge is 0.250 e. The number of amides is 1. The van der Waals surface area contributed by atoms with Gasteiger partial charge in [-0.2, -0.15) is 0 Å². The lowest BCUT2D eigenvalue weighted by molar-refractivity contribution is -0.121. The van der Waals surface area contributed by atoms with E-state index in [9.17, 15) is 9.59 Å². The number of aryl methyl sites for hydroxylation is 2. The van der Waals surface area contributed by atoms with Crippen LogP contribution in [0.4, 0.5) is 0 Å². The maximum absolute atomic E-state index is 12.0. The number of rotatable bonds is 5. The molecule has 0 aliphatic rings. The highest BCUT2D eigenvalue weighted by molar-refractivity contribution is 5.76. The van der Waals surface area contributed by atoms with E-state index < -0.39 is 0 Å². The molecule has 0 bridgehead atoms. The number of aromatic nitrogens is 1. The minimum Gasteiger partial charge on any atom is -0.350 e. The van der Waals surface area contributed by atoms with Gasteiger partial charge in [-0.25, -0.2) is 0 Å². The van der Waals surface area contributed by atoms with Crippen LogP contribution in [0.3, 0.4) is 0 Å². The summed E-state index contributed by atoms with van der Waals surface area (Å²) in [7, 11) is 0. The van der Waals surface area contributed by atoms with E-state index in [0.29, 0.717) is 13.0 Å². The SMILES string of the molecule is Cc1ccccc1C(C)NC(=O)CCn1ccccc1=O. The van der Waals surface area contributed by atoms with Crippen LogP contribution in [0.1, 0.15) is 30.5 Å². The fourth-order valence-corrected chi connectivity index (χ4v) is 2.33. The van der Waals surface area contributed by atoms with Crippen molar-refractivity contribution in [2.75, 3.05) is 0 Å². The van der Waals surface area contributed by atoms with E-state index in [4.69, 9.17) is 0 Å². The van der Waals surface area contributed by atoms with Crippen molar-refractivity contribution >= 4 is 5.91 Å². The van der Waals surface area contributed by atoms with Crippen molar-refractivity contribution in [3.8, 4) is 0 Å². The molecule has 0 radical (unpaired) electrons. The molecule has 21 heavy (non-hydrogen) atoms. The summed E-state index contributed by atoms with van der Waals surface area (Å²) < 4.78 is 1.54. The van der Waals surface area contributed by atoms with Gasteiger partial charge in [0.15, 0.2) is 0 Å². The molecule has 1 aromatic carbocycles. The first-order valence-electron chi connectivity index (χ1n) is 7.08. The van der Waals surface area contributed by atoms with Crippen LogP contribution >= 0.6 is 0 Å². The van der Waals surface area contributed by atoms with E-state index in [1.165, 1.54) is 10.6 Å². The van der Waals surface area contributed by atoms with Crippen molar-refractivity contribution in [2.24, 2.45) is 0 Å². The molecule has 1 amide bonds. The van der Waals surface area contributed by atoms with Crippen LogP contribution in [0.5, 0.6) is 0 Å². The summed E-state index contributed by atoms with van der Waals surface area (Å²) in [6, 6.07) is 12.9. The van der Waals surface area contributed by atoms with E-state index in [0.717, 1.165) is 11.1 Å². The van der Waals surface area contributed by atoms with Crippen molar-refractivity contribution in [3.63, 3.8) is 0 Å². The van der Waals surface area contributed by atoms with Crippen molar-refractivity contribution in [2.45, 2.75) is 32.9 Å². The molecular formula is C17H20N2O2. The Morgan fingerprint density at radius 1 is 1.19 bits per heavy atom. The molecule has 1 aromatic heterocycles. The Hall–Kier alpha value is -2.36. The monoisotopic (exact) mass is 284 g/mol. The Kier molecular flexibility index (Phi) is 4.93. The Morgan fingerprint density at radius 2 is 1.90 bits per heavy atom. The number of hydrogen-bond donors (Lipinski definition) is 1. The highest BCUT2D eigenvalue weighted by atomic mass is 16.2. The fraction of sp³-hybridized carbons (Fsp3) is 0.294. The van der Waals surface area contributed by atoms with E-state index >= 15 is 0 Å². The van der Waals surface area contributed by atoms with Crippen LogP contribution in [0, 0.1) is 6.92 Å². The molecule has 1 unspecified atom stereocenters. The Bertz CT molecular complexity index is 676. The quantitative estimate of drug-likeness (QED) is 0.916. The van der Waals surface area contributed by atoms with E-state index in [-0.39, 0.29) is 17.5 Å². The van der Waals surface area contributed by atoms with E-state index in [2.05, 4.69) is 5.32 Å². The van der Waals surface area contributed by atoms with Crippen LogP contribution < -0.4 is 10.9 Å². The second-order valence-electron chi connectivity index (χ2n) is 5.13. The Balaban J connectivity index is 1.92. The summed E-state index contributed by atoms with van der Waals surface area (Å²) in [4.78, 5) is 23.5. The molecule has 2 aromatic rings.